The van der Waals surface area contributed by atoms with E-state index >= 15 is 0 Å². The molecule has 1 N–H and O–H groups in total. The van der Waals surface area contributed by atoms with Gasteiger partial charge in [-0.25, -0.2) is 18.0 Å². The van der Waals surface area contributed by atoms with Crippen molar-refractivity contribution in [3.8, 4) is 0 Å². The fourth-order valence-corrected chi connectivity index (χ4v) is 5.05. The Morgan fingerprint density at radius 3 is 2.60 bits per heavy atom. The molecule has 3 amide bonds. The minimum atomic E-state index is -2.82. The van der Waals surface area contributed by atoms with Crippen molar-refractivity contribution in [2.75, 3.05) is 26.2 Å². The summed E-state index contributed by atoms with van der Waals surface area (Å²) in [5.41, 5.74) is 1.88. The molecule has 9 heteroatoms. The number of rotatable bonds is 4. The Morgan fingerprint density at radius 1 is 1.23 bits per heavy atom. The lowest BCUT2D eigenvalue weighted by Crippen LogP contribution is -2.61. The number of hydrogen-bond acceptors (Lipinski definition) is 3. The lowest BCUT2D eigenvalue weighted by molar-refractivity contribution is -0.133. The van der Waals surface area contributed by atoms with Crippen molar-refractivity contribution in [2.24, 2.45) is 0 Å². The molecule has 0 saturated carbocycles. The zero-order chi connectivity index (χ0) is 21.5. The molecule has 3 heterocycles. The second-order valence-corrected chi connectivity index (χ2v) is 9.06. The van der Waals surface area contributed by atoms with E-state index in [1.165, 1.54) is 17.0 Å². The maximum atomic E-state index is 13.4. The van der Waals surface area contributed by atoms with Crippen molar-refractivity contribution in [1.29, 1.82) is 0 Å². The van der Waals surface area contributed by atoms with E-state index in [-0.39, 0.29) is 30.7 Å². The van der Waals surface area contributed by atoms with Crippen LogP contribution in [0.2, 0.25) is 0 Å². The zero-order valence-corrected chi connectivity index (χ0v) is 17.3. The number of carbonyl (C=O) groups is 2. The zero-order valence-electron chi connectivity index (χ0n) is 16.5. The first-order valence-corrected chi connectivity index (χ1v) is 10.6. The van der Waals surface area contributed by atoms with Gasteiger partial charge in [0.05, 0.1) is 19.1 Å². The minimum absolute atomic E-state index is 0.0616. The highest BCUT2D eigenvalue weighted by Gasteiger charge is 2.46. The molecular weight excluding hydrogens is 415 g/mol. The Morgan fingerprint density at radius 2 is 1.93 bits per heavy atom. The topological polar surface area (TPSA) is 52.7 Å². The van der Waals surface area contributed by atoms with Gasteiger partial charge in [0.1, 0.15) is 5.82 Å². The predicted octanol–water partition coefficient (Wildman–Crippen LogP) is 3.72. The minimum Gasteiger partial charge on any atom is -0.337 e. The van der Waals surface area contributed by atoms with Crippen LogP contribution in [0.1, 0.15) is 33.3 Å². The summed E-state index contributed by atoms with van der Waals surface area (Å²) in [5, 5.41) is 2.54. The van der Waals surface area contributed by atoms with Crippen LogP contribution >= 0.6 is 11.3 Å². The maximum absolute atomic E-state index is 13.4. The van der Waals surface area contributed by atoms with Crippen LogP contribution in [0.15, 0.2) is 30.3 Å². The number of nitrogens with zero attached hydrogens (tertiary/aromatic N) is 2. The summed E-state index contributed by atoms with van der Waals surface area (Å²) < 4.78 is 39.2. The number of benzene rings is 1. The van der Waals surface area contributed by atoms with E-state index in [2.05, 4.69) is 11.4 Å². The van der Waals surface area contributed by atoms with E-state index in [0.717, 1.165) is 27.3 Å². The smallest absolute Gasteiger partial charge is 0.317 e. The second kappa shape index (κ2) is 7.94. The number of halogens is 3. The number of urea groups is 1. The van der Waals surface area contributed by atoms with Gasteiger partial charge in [0.2, 0.25) is 5.91 Å². The SMILES string of the molecule is Cc1cc2c(s1)CCN(C(=O)CCNC(=O)N1CC(F)(F)C1)C2c1ccc(F)cc1. The quantitative estimate of drug-likeness (QED) is 0.793. The molecule has 1 unspecified atom stereocenters. The molecule has 5 nitrogen and oxygen atoms in total. The standard InChI is InChI=1S/C21H22F3N3O2S/c1-13-10-16-17(30-13)7-9-27(19(16)14-2-4-15(22)5-3-14)18(28)6-8-25-20(29)26-11-21(23,24)12-26/h2-5,10,19H,6-9,11-12H2,1H3,(H,25,29). The van der Waals surface area contributed by atoms with Crippen molar-refractivity contribution < 1.29 is 22.8 Å². The van der Waals surface area contributed by atoms with Gasteiger partial charge < -0.3 is 15.1 Å². The van der Waals surface area contributed by atoms with Gasteiger partial charge in [-0.2, -0.15) is 0 Å². The summed E-state index contributed by atoms with van der Waals surface area (Å²) in [6, 6.07) is 7.32. The summed E-state index contributed by atoms with van der Waals surface area (Å²) in [7, 11) is 0. The number of amides is 3. The third-order valence-electron chi connectivity index (χ3n) is 5.40. The molecule has 0 bridgehead atoms. The lowest BCUT2D eigenvalue weighted by Gasteiger charge is -2.38. The summed E-state index contributed by atoms with van der Waals surface area (Å²) >= 11 is 1.70. The van der Waals surface area contributed by atoms with Crippen LogP contribution in [0.25, 0.3) is 0 Å². The number of nitrogens with one attached hydrogen (secondary N) is 1. The van der Waals surface area contributed by atoms with Crippen molar-refractivity contribution in [3.05, 3.63) is 57.0 Å². The highest BCUT2D eigenvalue weighted by Crippen LogP contribution is 2.39. The Labute approximate surface area is 176 Å². The molecule has 2 aliphatic heterocycles. The molecule has 1 atom stereocenters. The molecule has 4 rings (SSSR count). The summed E-state index contributed by atoms with van der Waals surface area (Å²) in [6.07, 6.45) is 0.804. The van der Waals surface area contributed by atoms with E-state index in [1.807, 2.05) is 6.92 Å². The van der Waals surface area contributed by atoms with Crippen LogP contribution in [-0.4, -0.2) is 53.8 Å². The van der Waals surface area contributed by atoms with Gasteiger partial charge >= 0.3 is 6.03 Å². The number of alkyl halides is 2. The van der Waals surface area contributed by atoms with Gasteiger partial charge in [0.15, 0.2) is 0 Å². The molecule has 0 radical (unpaired) electrons. The van der Waals surface area contributed by atoms with Crippen molar-refractivity contribution in [2.45, 2.75) is 31.7 Å². The Kier molecular flexibility index (Phi) is 5.48. The van der Waals surface area contributed by atoms with E-state index in [1.54, 1.807) is 28.4 Å². The molecular formula is C21H22F3N3O2S. The molecule has 1 fully saturated rings. The van der Waals surface area contributed by atoms with Crippen LogP contribution in [-0.2, 0) is 11.2 Å². The largest absolute Gasteiger partial charge is 0.337 e. The number of fused-ring (bicyclic) bond motifs is 1. The lowest BCUT2D eigenvalue weighted by atomic mass is 9.92. The van der Waals surface area contributed by atoms with Crippen LogP contribution < -0.4 is 5.32 Å². The Bertz CT molecular complexity index is 953. The predicted molar refractivity (Wildman–Crippen MR) is 107 cm³/mol. The van der Waals surface area contributed by atoms with Crippen molar-refractivity contribution in [3.63, 3.8) is 0 Å². The average Bonchev–Trinajstić information content (AvgIpc) is 3.06. The van der Waals surface area contributed by atoms with Crippen LogP contribution in [0.5, 0.6) is 0 Å². The van der Waals surface area contributed by atoms with Crippen LogP contribution in [0.4, 0.5) is 18.0 Å². The van der Waals surface area contributed by atoms with Gasteiger partial charge in [-0.3, -0.25) is 4.79 Å². The Balaban J connectivity index is 1.44. The number of aryl methyl sites for hydroxylation is 1. The summed E-state index contributed by atoms with van der Waals surface area (Å²) in [4.78, 5) is 30.0. The maximum Gasteiger partial charge on any atom is 0.317 e. The van der Waals surface area contributed by atoms with Crippen LogP contribution in [0.3, 0.4) is 0 Å². The van der Waals surface area contributed by atoms with Gasteiger partial charge in [-0.15, -0.1) is 11.3 Å². The number of carbonyl (C=O) groups excluding carboxylic acids is 2. The third-order valence-corrected chi connectivity index (χ3v) is 6.53. The fourth-order valence-electron chi connectivity index (χ4n) is 3.99. The van der Waals surface area contributed by atoms with Crippen LogP contribution in [0, 0.1) is 12.7 Å². The fraction of sp³-hybridized carbons (Fsp3) is 0.429. The summed E-state index contributed by atoms with van der Waals surface area (Å²) in [6.45, 7) is 1.44. The first-order valence-electron chi connectivity index (χ1n) is 9.78. The average molecular weight is 437 g/mol. The molecule has 2 aromatic rings. The second-order valence-electron chi connectivity index (χ2n) is 7.72. The summed E-state index contributed by atoms with van der Waals surface area (Å²) in [5.74, 6) is -3.30. The van der Waals surface area contributed by atoms with Gasteiger partial charge in [-0.05, 0) is 42.7 Å². The number of hydrogen-bond donors (Lipinski definition) is 1. The van der Waals surface area contributed by atoms with E-state index in [0.29, 0.717) is 6.54 Å². The first kappa shape index (κ1) is 20.7. The first-order chi connectivity index (χ1) is 14.2. The molecule has 0 aliphatic carbocycles. The molecule has 160 valence electrons. The van der Waals surface area contributed by atoms with E-state index in [9.17, 15) is 22.8 Å². The Hall–Kier alpha value is -2.55. The molecule has 1 aromatic carbocycles. The molecule has 2 aliphatic rings. The van der Waals surface area contributed by atoms with E-state index in [4.69, 9.17) is 0 Å². The van der Waals surface area contributed by atoms with Crippen molar-refractivity contribution in [1.82, 2.24) is 15.1 Å². The molecule has 1 saturated heterocycles. The van der Waals surface area contributed by atoms with Gasteiger partial charge in [0, 0.05) is 29.3 Å². The molecule has 30 heavy (non-hydrogen) atoms. The monoisotopic (exact) mass is 437 g/mol. The number of thiophene rings is 1. The van der Waals surface area contributed by atoms with Crippen molar-refractivity contribution >= 4 is 23.3 Å². The highest BCUT2D eigenvalue weighted by molar-refractivity contribution is 7.12. The third kappa shape index (κ3) is 4.16. The molecule has 1 aromatic heterocycles. The van der Waals surface area contributed by atoms with Gasteiger partial charge in [-0.1, -0.05) is 12.1 Å². The van der Waals surface area contributed by atoms with Gasteiger partial charge in [0.25, 0.3) is 5.92 Å². The number of likely N-dealkylation sites (tertiary alicyclic amines) is 1. The highest BCUT2D eigenvalue weighted by atomic mass is 32.1. The van der Waals surface area contributed by atoms with E-state index < -0.39 is 25.0 Å². The molecule has 0 spiro atoms. The normalized spacial score (nSPS) is 19.8.